The highest BCUT2D eigenvalue weighted by molar-refractivity contribution is 7.19. The van der Waals surface area contributed by atoms with Crippen molar-refractivity contribution in [3.63, 3.8) is 0 Å². The zero-order valence-corrected chi connectivity index (χ0v) is 11.7. The summed E-state index contributed by atoms with van der Waals surface area (Å²) in [6.45, 7) is 5.97. The maximum absolute atomic E-state index is 5.36. The van der Waals surface area contributed by atoms with Gasteiger partial charge in [-0.2, -0.15) is 0 Å². The van der Waals surface area contributed by atoms with Crippen molar-refractivity contribution in [3.8, 4) is 0 Å². The van der Waals surface area contributed by atoms with Gasteiger partial charge in [-0.15, -0.1) is 11.3 Å². The Hall–Kier alpha value is -0.900. The molecule has 0 unspecified atom stereocenters. The maximum atomic E-state index is 5.36. The number of hydrogen-bond donors (Lipinski definition) is 1. The second kappa shape index (κ2) is 5.17. The number of ether oxygens (including phenoxy) is 1. The Morgan fingerprint density at radius 3 is 2.59 bits per heavy atom. The van der Waals surface area contributed by atoms with Crippen molar-refractivity contribution in [1.82, 2.24) is 5.32 Å². The fourth-order valence-corrected chi connectivity index (χ4v) is 3.58. The lowest BCUT2D eigenvalue weighted by atomic mass is 10.0. The van der Waals surface area contributed by atoms with Crippen LogP contribution in [-0.4, -0.2) is 14.2 Å². The van der Waals surface area contributed by atoms with E-state index in [1.165, 1.54) is 31.7 Å². The van der Waals surface area contributed by atoms with E-state index in [4.69, 9.17) is 4.74 Å². The third-order valence-corrected chi connectivity index (χ3v) is 4.42. The first-order valence-electron chi connectivity index (χ1n) is 5.83. The molecule has 3 heteroatoms. The van der Waals surface area contributed by atoms with Gasteiger partial charge in [-0.25, -0.2) is 0 Å². The fourth-order valence-electron chi connectivity index (χ4n) is 2.22. The lowest BCUT2D eigenvalue weighted by molar-refractivity contribution is 0.185. The van der Waals surface area contributed by atoms with Crippen LogP contribution in [0.2, 0.25) is 0 Å². The van der Waals surface area contributed by atoms with Gasteiger partial charge in [0.1, 0.15) is 0 Å². The molecule has 1 N–H and O–H groups in total. The molecule has 2 nitrogen and oxygen atoms in total. The van der Waals surface area contributed by atoms with Crippen molar-refractivity contribution in [1.29, 1.82) is 0 Å². The van der Waals surface area contributed by atoms with Gasteiger partial charge in [0.05, 0.1) is 6.61 Å². The third kappa shape index (κ3) is 2.23. The van der Waals surface area contributed by atoms with Crippen molar-refractivity contribution in [2.24, 2.45) is 0 Å². The highest BCUT2D eigenvalue weighted by Gasteiger charge is 2.14. The first-order chi connectivity index (χ1) is 8.19. The SMILES string of the molecule is CNCc1sc2c(C)ccc(C)c2c1COC. The molecule has 1 aromatic heterocycles. The van der Waals surface area contributed by atoms with Gasteiger partial charge in [-0.1, -0.05) is 12.1 Å². The minimum absolute atomic E-state index is 0.696. The Balaban J connectivity index is 2.70. The van der Waals surface area contributed by atoms with Crippen molar-refractivity contribution >= 4 is 21.4 Å². The van der Waals surface area contributed by atoms with E-state index >= 15 is 0 Å². The summed E-state index contributed by atoms with van der Waals surface area (Å²) in [5.74, 6) is 0. The first kappa shape index (κ1) is 12.6. The summed E-state index contributed by atoms with van der Waals surface area (Å²) in [5, 5.41) is 4.63. The van der Waals surface area contributed by atoms with Crippen LogP contribution in [0.3, 0.4) is 0 Å². The van der Waals surface area contributed by atoms with E-state index < -0.39 is 0 Å². The van der Waals surface area contributed by atoms with Crippen LogP contribution in [0.1, 0.15) is 21.6 Å². The smallest absolute Gasteiger partial charge is 0.0730 e. The molecule has 0 aliphatic carbocycles. The largest absolute Gasteiger partial charge is 0.380 e. The summed E-state index contributed by atoms with van der Waals surface area (Å²) in [6.07, 6.45) is 0. The molecule has 17 heavy (non-hydrogen) atoms. The summed E-state index contributed by atoms with van der Waals surface area (Å²) >= 11 is 1.89. The lowest BCUT2D eigenvalue weighted by Crippen LogP contribution is -2.05. The number of methoxy groups -OCH3 is 1. The van der Waals surface area contributed by atoms with Gasteiger partial charge in [0, 0.05) is 34.2 Å². The predicted octanol–water partition coefficient (Wildman–Crippen LogP) is 3.38. The molecule has 0 atom stereocenters. The summed E-state index contributed by atoms with van der Waals surface area (Å²) in [4.78, 5) is 1.39. The second-order valence-corrected chi connectivity index (χ2v) is 5.48. The van der Waals surface area contributed by atoms with Crippen LogP contribution in [0.5, 0.6) is 0 Å². The van der Waals surface area contributed by atoms with Crippen LogP contribution in [0.15, 0.2) is 12.1 Å². The number of fused-ring (bicyclic) bond motifs is 1. The van der Waals surface area contributed by atoms with Crippen molar-refractivity contribution in [2.45, 2.75) is 27.0 Å². The fraction of sp³-hybridized carbons (Fsp3) is 0.429. The molecular weight excluding hydrogens is 230 g/mol. The number of thiophene rings is 1. The molecule has 92 valence electrons. The van der Waals surface area contributed by atoms with Crippen LogP contribution >= 0.6 is 11.3 Å². The minimum Gasteiger partial charge on any atom is -0.380 e. The minimum atomic E-state index is 0.696. The lowest BCUT2D eigenvalue weighted by Gasteiger charge is -2.05. The molecule has 0 saturated heterocycles. The third-order valence-electron chi connectivity index (χ3n) is 3.05. The standard InChI is InChI=1S/C14H19NOS/c1-9-5-6-10(2)14-13(9)11(8-16-4)12(17-14)7-15-3/h5-6,15H,7-8H2,1-4H3. The van der Waals surface area contributed by atoms with Gasteiger partial charge in [-0.05, 0) is 32.0 Å². The van der Waals surface area contributed by atoms with Crippen LogP contribution in [0.4, 0.5) is 0 Å². The van der Waals surface area contributed by atoms with Crippen molar-refractivity contribution in [2.75, 3.05) is 14.2 Å². The number of hydrogen-bond acceptors (Lipinski definition) is 3. The highest BCUT2D eigenvalue weighted by atomic mass is 32.1. The molecule has 0 fully saturated rings. The molecule has 0 bridgehead atoms. The molecule has 0 aliphatic heterocycles. The average molecular weight is 249 g/mol. The van der Waals surface area contributed by atoms with Gasteiger partial charge in [0.15, 0.2) is 0 Å². The molecule has 0 spiro atoms. The van der Waals surface area contributed by atoms with Gasteiger partial charge in [0.25, 0.3) is 0 Å². The molecule has 2 rings (SSSR count). The molecule has 0 saturated carbocycles. The van der Waals surface area contributed by atoms with E-state index in [-0.39, 0.29) is 0 Å². The summed E-state index contributed by atoms with van der Waals surface area (Å²) in [6, 6.07) is 4.40. The number of benzene rings is 1. The van der Waals surface area contributed by atoms with Gasteiger partial charge < -0.3 is 10.1 Å². The second-order valence-electron chi connectivity index (χ2n) is 4.37. The summed E-state index contributed by atoms with van der Waals surface area (Å²) < 4.78 is 6.76. The van der Waals surface area contributed by atoms with Crippen LogP contribution < -0.4 is 5.32 Å². The highest BCUT2D eigenvalue weighted by Crippen LogP contribution is 2.36. The summed E-state index contributed by atoms with van der Waals surface area (Å²) in [5.41, 5.74) is 4.05. The van der Waals surface area contributed by atoms with E-state index in [9.17, 15) is 0 Å². The zero-order chi connectivity index (χ0) is 12.4. The van der Waals surface area contributed by atoms with Crippen LogP contribution in [0, 0.1) is 13.8 Å². The molecule has 0 radical (unpaired) electrons. The van der Waals surface area contributed by atoms with Crippen molar-refractivity contribution < 1.29 is 4.74 Å². The van der Waals surface area contributed by atoms with Crippen LogP contribution in [-0.2, 0) is 17.9 Å². The normalized spacial score (nSPS) is 11.3. The topological polar surface area (TPSA) is 21.3 Å². The number of rotatable bonds is 4. The average Bonchev–Trinajstić information content (AvgIpc) is 2.66. The molecule has 0 amide bonds. The number of aryl methyl sites for hydroxylation is 2. The van der Waals surface area contributed by atoms with Crippen molar-refractivity contribution in [3.05, 3.63) is 33.7 Å². The quantitative estimate of drug-likeness (QED) is 0.897. The monoisotopic (exact) mass is 249 g/mol. The van der Waals surface area contributed by atoms with E-state index in [1.54, 1.807) is 7.11 Å². The maximum Gasteiger partial charge on any atom is 0.0730 e. The summed E-state index contributed by atoms with van der Waals surface area (Å²) in [7, 11) is 3.75. The Morgan fingerprint density at radius 1 is 1.24 bits per heavy atom. The van der Waals surface area contributed by atoms with Crippen LogP contribution in [0.25, 0.3) is 10.1 Å². The van der Waals surface area contributed by atoms with E-state index in [2.05, 4.69) is 31.3 Å². The molecule has 0 aliphatic rings. The molecule has 2 aromatic rings. The molecular formula is C14H19NOS. The number of nitrogens with one attached hydrogen (secondary N) is 1. The molecule has 1 heterocycles. The van der Waals surface area contributed by atoms with E-state index in [0.717, 1.165) is 6.54 Å². The van der Waals surface area contributed by atoms with E-state index in [0.29, 0.717) is 6.61 Å². The Bertz CT molecular complexity index is 530. The zero-order valence-electron chi connectivity index (χ0n) is 10.9. The van der Waals surface area contributed by atoms with Gasteiger partial charge in [0.2, 0.25) is 0 Å². The molecule has 1 aromatic carbocycles. The van der Waals surface area contributed by atoms with Gasteiger partial charge in [-0.3, -0.25) is 0 Å². The first-order valence-corrected chi connectivity index (χ1v) is 6.64. The van der Waals surface area contributed by atoms with E-state index in [1.807, 2.05) is 18.4 Å². The Labute approximate surface area is 107 Å². The van der Waals surface area contributed by atoms with Gasteiger partial charge >= 0.3 is 0 Å². The Morgan fingerprint density at radius 2 is 1.94 bits per heavy atom. The Kier molecular flexibility index (Phi) is 3.82. The predicted molar refractivity (Wildman–Crippen MR) is 74.8 cm³/mol.